The van der Waals surface area contributed by atoms with E-state index < -0.39 is 0 Å². The second-order valence-corrected chi connectivity index (χ2v) is 11.5. The van der Waals surface area contributed by atoms with E-state index in [9.17, 15) is 4.79 Å². The Labute approximate surface area is 215 Å². The summed E-state index contributed by atoms with van der Waals surface area (Å²) in [5.74, 6) is -0.108. The Balaban J connectivity index is 1.27. The van der Waals surface area contributed by atoms with Gasteiger partial charge in [0.15, 0.2) is 0 Å². The highest BCUT2D eigenvalue weighted by atomic mass is 32.2. The van der Waals surface area contributed by atoms with Crippen LogP contribution in [-0.4, -0.2) is 12.6 Å². The number of hydrogen-bond acceptors (Lipinski definition) is 4. The van der Waals surface area contributed by atoms with E-state index in [4.69, 9.17) is 4.74 Å². The minimum absolute atomic E-state index is 0.118. The van der Waals surface area contributed by atoms with Crippen molar-refractivity contribution in [2.24, 2.45) is 0 Å². The molecule has 4 aromatic rings. The molecule has 2 heterocycles. The van der Waals surface area contributed by atoms with Gasteiger partial charge >= 0.3 is 5.97 Å². The summed E-state index contributed by atoms with van der Waals surface area (Å²) in [6, 6.07) is 31.0. The van der Waals surface area contributed by atoms with Crippen molar-refractivity contribution in [1.82, 2.24) is 0 Å². The number of esters is 1. The van der Waals surface area contributed by atoms with Crippen LogP contribution in [0.3, 0.4) is 0 Å². The lowest BCUT2D eigenvalue weighted by atomic mass is 9.89. The molecule has 0 saturated heterocycles. The maximum absolute atomic E-state index is 11.7. The average molecular weight is 495 g/mol. The van der Waals surface area contributed by atoms with Crippen molar-refractivity contribution < 1.29 is 9.53 Å². The first-order valence-electron chi connectivity index (χ1n) is 12.0. The molecule has 0 bridgehead atoms. The van der Waals surface area contributed by atoms with Gasteiger partial charge in [-0.1, -0.05) is 84.2 Å². The van der Waals surface area contributed by atoms with Gasteiger partial charge in [0.2, 0.25) is 0 Å². The van der Waals surface area contributed by atoms with Crippen LogP contribution in [-0.2, 0) is 28.8 Å². The maximum Gasteiger partial charge on any atom is 0.302 e. The molecular weight excluding hydrogens is 468 g/mol. The Morgan fingerprint density at radius 1 is 0.743 bits per heavy atom. The molecule has 0 N–H and O–H groups in total. The highest BCUT2D eigenvalue weighted by Gasteiger charge is 2.21. The van der Waals surface area contributed by atoms with Gasteiger partial charge in [-0.3, -0.25) is 4.79 Å². The number of carbonyl (C=O) groups is 1. The summed E-state index contributed by atoms with van der Waals surface area (Å²) in [7, 11) is 0. The molecule has 174 valence electrons. The van der Waals surface area contributed by atoms with Gasteiger partial charge in [-0.15, -0.1) is 0 Å². The predicted molar refractivity (Wildman–Crippen MR) is 143 cm³/mol. The van der Waals surface area contributed by atoms with Crippen LogP contribution in [0.4, 0.5) is 0 Å². The summed E-state index contributed by atoms with van der Waals surface area (Å²) in [6.45, 7) is 1.89. The second kappa shape index (κ2) is 9.60. The number of carbonyl (C=O) groups excluding carboxylic acids is 1. The van der Waals surface area contributed by atoms with Gasteiger partial charge in [-0.2, -0.15) is 0 Å². The molecule has 2 aliphatic heterocycles. The van der Waals surface area contributed by atoms with Crippen molar-refractivity contribution in [2.75, 3.05) is 6.61 Å². The zero-order chi connectivity index (χ0) is 23.8. The lowest BCUT2D eigenvalue weighted by Gasteiger charge is -2.24. The van der Waals surface area contributed by atoms with E-state index in [1.807, 2.05) is 23.5 Å². The van der Waals surface area contributed by atoms with E-state index in [1.165, 1.54) is 59.9 Å². The number of rotatable bonds is 5. The molecule has 2 aliphatic rings. The summed E-state index contributed by atoms with van der Waals surface area (Å²) < 4.78 is 5.54. The molecule has 4 heteroatoms. The standard InChI is InChI=1S/C31H26O2S2/c1-20(32)33-19-27(22-11-13-31-26(16-22)18-24-7-3-5-9-29(24)35-31)15-21-10-12-30-25(14-21)17-23-6-2-4-8-28(23)34-30/h2-14,16,27H,15,17-19H2,1H3. The zero-order valence-electron chi connectivity index (χ0n) is 19.6. The molecule has 0 spiro atoms. The predicted octanol–water partition coefficient (Wildman–Crippen LogP) is 7.69. The number of ether oxygens (including phenoxy) is 1. The molecule has 6 rings (SSSR count). The first-order chi connectivity index (χ1) is 17.1. The van der Waals surface area contributed by atoms with Crippen LogP contribution < -0.4 is 0 Å². The van der Waals surface area contributed by atoms with Crippen LogP contribution in [0.1, 0.15) is 46.2 Å². The largest absolute Gasteiger partial charge is 0.465 e. The molecular formula is C31H26O2S2. The summed E-state index contributed by atoms with van der Waals surface area (Å²) >= 11 is 3.71. The third kappa shape index (κ3) is 4.78. The lowest BCUT2D eigenvalue weighted by Crippen LogP contribution is -2.14. The Kier molecular flexibility index (Phi) is 6.17. The highest BCUT2D eigenvalue weighted by Crippen LogP contribution is 2.42. The Bertz CT molecular complexity index is 1430. The van der Waals surface area contributed by atoms with Gasteiger partial charge < -0.3 is 4.74 Å². The van der Waals surface area contributed by atoms with Gasteiger partial charge in [0, 0.05) is 32.4 Å². The Morgan fingerprint density at radius 2 is 1.31 bits per heavy atom. The molecule has 35 heavy (non-hydrogen) atoms. The van der Waals surface area contributed by atoms with Crippen LogP contribution in [0.25, 0.3) is 0 Å². The van der Waals surface area contributed by atoms with Gasteiger partial charge in [-0.25, -0.2) is 0 Å². The molecule has 4 aromatic carbocycles. The summed E-state index contributed by atoms with van der Waals surface area (Å²) in [5.41, 5.74) is 8.05. The first-order valence-corrected chi connectivity index (χ1v) is 13.7. The van der Waals surface area contributed by atoms with E-state index >= 15 is 0 Å². The van der Waals surface area contributed by atoms with Crippen LogP contribution in [0.2, 0.25) is 0 Å². The fraction of sp³-hybridized carbons (Fsp3) is 0.194. The van der Waals surface area contributed by atoms with Gasteiger partial charge in [0.05, 0.1) is 6.61 Å². The monoisotopic (exact) mass is 494 g/mol. The number of fused-ring (bicyclic) bond motifs is 4. The van der Waals surface area contributed by atoms with Crippen molar-refractivity contribution in [3.63, 3.8) is 0 Å². The van der Waals surface area contributed by atoms with E-state index in [-0.39, 0.29) is 11.9 Å². The molecule has 0 fully saturated rings. The maximum atomic E-state index is 11.7. The molecule has 0 aliphatic carbocycles. The minimum Gasteiger partial charge on any atom is -0.465 e. The average Bonchev–Trinajstić information content (AvgIpc) is 2.88. The van der Waals surface area contributed by atoms with Gasteiger partial charge in [0.25, 0.3) is 0 Å². The fourth-order valence-electron chi connectivity index (χ4n) is 5.01. The highest BCUT2D eigenvalue weighted by molar-refractivity contribution is 7.99. The third-order valence-corrected chi connectivity index (χ3v) is 9.27. The SMILES string of the molecule is CC(=O)OCC(Cc1ccc2c(c1)Cc1ccccc1S2)c1ccc2c(c1)Cc1ccccc1S2. The molecule has 0 radical (unpaired) electrons. The van der Waals surface area contributed by atoms with E-state index in [1.54, 1.807) is 0 Å². The van der Waals surface area contributed by atoms with Crippen LogP contribution in [0.15, 0.2) is 105 Å². The second-order valence-electron chi connectivity index (χ2n) is 9.29. The minimum atomic E-state index is -0.226. The molecule has 1 atom stereocenters. The third-order valence-electron chi connectivity index (χ3n) is 6.80. The van der Waals surface area contributed by atoms with Gasteiger partial charge in [-0.05, 0) is 76.9 Å². The topological polar surface area (TPSA) is 26.3 Å². The number of hydrogen-bond donors (Lipinski definition) is 0. The van der Waals surface area contributed by atoms with Crippen LogP contribution in [0, 0.1) is 0 Å². The lowest BCUT2D eigenvalue weighted by molar-refractivity contribution is -0.141. The van der Waals surface area contributed by atoms with E-state index in [2.05, 4.69) is 84.9 Å². The summed E-state index contributed by atoms with van der Waals surface area (Å²) in [5, 5.41) is 0. The first kappa shape index (κ1) is 22.5. The Morgan fingerprint density at radius 3 is 1.97 bits per heavy atom. The molecule has 0 aromatic heterocycles. The summed E-state index contributed by atoms with van der Waals surface area (Å²) in [6.07, 6.45) is 2.76. The quantitative estimate of drug-likeness (QED) is 0.230. The normalized spacial score (nSPS) is 14.2. The smallest absolute Gasteiger partial charge is 0.302 e. The fourth-order valence-corrected chi connectivity index (χ4v) is 7.12. The molecule has 0 saturated carbocycles. The molecule has 1 unspecified atom stereocenters. The van der Waals surface area contributed by atoms with Crippen molar-refractivity contribution >= 4 is 29.5 Å². The van der Waals surface area contributed by atoms with Crippen molar-refractivity contribution in [1.29, 1.82) is 0 Å². The number of benzene rings is 4. The van der Waals surface area contributed by atoms with Crippen molar-refractivity contribution in [3.05, 3.63) is 118 Å². The van der Waals surface area contributed by atoms with Gasteiger partial charge in [0.1, 0.15) is 0 Å². The van der Waals surface area contributed by atoms with Crippen molar-refractivity contribution in [2.45, 2.75) is 51.7 Å². The van der Waals surface area contributed by atoms with Crippen LogP contribution >= 0.6 is 23.5 Å². The van der Waals surface area contributed by atoms with E-state index in [0.29, 0.717) is 6.61 Å². The molecule has 2 nitrogen and oxygen atoms in total. The zero-order valence-corrected chi connectivity index (χ0v) is 21.3. The van der Waals surface area contributed by atoms with E-state index in [0.717, 1.165) is 19.3 Å². The summed E-state index contributed by atoms with van der Waals surface area (Å²) in [4.78, 5) is 17.0. The Hall–Kier alpha value is -2.95. The van der Waals surface area contributed by atoms with Crippen molar-refractivity contribution in [3.8, 4) is 0 Å². The molecule has 0 amide bonds. The van der Waals surface area contributed by atoms with Crippen LogP contribution in [0.5, 0.6) is 0 Å².